The predicted octanol–water partition coefficient (Wildman–Crippen LogP) is 3.49. The first-order chi connectivity index (χ1) is 16.2. The number of benzene rings is 2. The van der Waals surface area contributed by atoms with Gasteiger partial charge in [-0.25, -0.2) is 8.42 Å². The van der Waals surface area contributed by atoms with Crippen molar-refractivity contribution in [1.29, 1.82) is 0 Å². The van der Waals surface area contributed by atoms with E-state index >= 15 is 0 Å². The summed E-state index contributed by atoms with van der Waals surface area (Å²) >= 11 is 0. The smallest absolute Gasteiger partial charge is 0.244 e. The zero-order valence-corrected chi connectivity index (χ0v) is 22.5. The van der Waals surface area contributed by atoms with Crippen LogP contribution < -0.4 is 14.4 Å². The topological polar surface area (TPSA) is 96.0 Å². The second kappa shape index (κ2) is 11.6. The van der Waals surface area contributed by atoms with Crippen LogP contribution >= 0.6 is 0 Å². The summed E-state index contributed by atoms with van der Waals surface area (Å²) in [5.74, 6) is -0.197. The van der Waals surface area contributed by atoms with Gasteiger partial charge in [0.15, 0.2) is 0 Å². The fourth-order valence-corrected chi connectivity index (χ4v) is 4.40. The molecule has 1 atom stereocenters. The molecule has 0 aromatic heterocycles. The second-order valence-electron chi connectivity index (χ2n) is 9.62. The molecule has 0 saturated heterocycles. The van der Waals surface area contributed by atoms with E-state index < -0.39 is 34.1 Å². The van der Waals surface area contributed by atoms with Gasteiger partial charge in [0.2, 0.25) is 21.8 Å². The summed E-state index contributed by atoms with van der Waals surface area (Å²) in [4.78, 5) is 27.9. The van der Waals surface area contributed by atoms with Crippen molar-refractivity contribution in [1.82, 2.24) is 10.2 Å². The van der Waals surface area contributed by atoms with Gasteiger partial charge < -0.3 is 15.0 Å². The molecule has 0 saturated carbocycles. The van der Waals surface area contributed by atoms with E-state index in [1.54, 1.807) is 31.2 Å². The summed E-state index contributed by atoms with van der Waals surface area (Å²) in [5.41, 5.74) is 1.73. The van der Waals surface area contributed by atoms with Crippen LogP contribution in [-0.4, -0.2) is 56.1 Å². The van der Waals surface area contributed by atoms with Crippen molar-refractivity contribution < 1.29 is 22.7 Å². The van der Waals surface area contributed by atoms with E-state index in [2.05, 4.69) is 5.32 Å². The van der Waals surface area contributed by atoms with Crippen LogP contribution in [0.2, 0.25) is 0 Å². The lowest BCUT2D eigenvalue weighted by Gasteiger charge is -2.33. The first-order valence-corrected chi connectivity index (χ1v) is 13.4. The molecule has 0 fully saturated rings. The maximum Gasteiger partial charge on any atom is 0.244 e. The molecule has 0 aliphatic carbocycles. The fraction of sp³-hybridized carbons (Fsp3) is 0.462. The molecule has 0 aliphatic heterocycles. The van der Waals surface area contributed by atoms with Gasteiger partial charge in [0.25, 0.3) is 0 Å². The van der Waals surface area contributed by atoms with Crippen LogP contribution in [0.4, 0.5) is 5.69 Å². The Bertz CT molecular complexity index is 1120. The van der Waals surface area contributed by atoms with Crippen LogP contribution in [0.15, 0.2) is 48.5 Å². The molecule has 0 radical (unpaired) electrons. The molecule has 192 valence electrons. The van der Waals surface area contributed by atoms with E-state index in [9.17, 15) is 18.0 Å². The SMILES string of the molecule is CCOc1ccc(N(CC(=O)N(Cc2cccc(C)c2)[C@H](C)C(=O)NC(C)(C)C)S(C)(=O)=O)cc1. The number of aryl methyl sites for hydroxylation is 1. The molecule has 2 aromatic carbocycles. The molecule has 0 aliphatic rings. The highest BCUT2D eigenvalue weighted by atomic mass is 32.2. The van der Waals surface area contributed by atoms with E-state index in [0.717, 1.165) is 21.7 Å². The van der Waals surface area contributed by atoms with Crippen LogP contribution in [0.25, 0.3) is 0 Å². The van der Waals surface area contributed by atoms with Crippen molar-refractivity contribution >= 4 is 27.5 Å². The third-order valence-corrected chi connectivity index (χ3v) is 6.36. The Balaban J connectivity index is 2.38. The Morgan fingerprint density at radius 2 is 1.71 bits per heavy atom. The Morgan fingerprint density at radius 3 is 2.23 bits per heavy atom. The molecule has 2 amide bonds. The van der Waals surface area contributed by atoms with Gasteiger partial charge in [-0.15, -0.1) is 0 Å². The number of carbonyl (C=O) groups is 2. The third-order valence-electron chi connectivity index (χ3n) is 5.22. The van der Waals surface area contributed by atoms with E-state index in [1.165, 1.54) is 4.90 Å². The second-order valence-corrected chi connectivity index (χ2v) is 11.5. The zero-order valence-electron chi connectivity index (χ0n) is 21.7. The number of nitrogens with zero attached hydrogens (tertiary/aromatic N) is 2. The molecule has 0 unspecified atom stereocenters. The minimum Gasteiger partial charge on any atom is -0.494 e. The maximum absolute atomic E-state index is 13.6. The zero-order chi connectivity index (χ0) is 26.4. The van der Waals surface area contributed by atoms with Gasteiger partial charge >= 0.3 is 0 Å². The fourth-order valence-electron chi connectivity index (χ4n) is 3.55. The Morgan fingerprint density at radius 1 is 1.09 bits per heavy atom. The monoisotopic (exact) mass is 503 g/mol. The molecular weight excluding hydrogens is 466 g/mol. The van der Waals surface area contributed by atoms with Crippen LogP contribution in [0, 0.1) is 6.92 Å². The quantitative estimate of drug-likeness (QED) is 0.535. The summed E-state index contributed by atoms with van der Waals surface area (Å²) < 4.78 is 31.8. The number of sulfonamides is 1. The maximum atomic E-state index is 13.6. The molecule has 0 spiro atoms. The number of anilines is 1. The van der Waals surface area contributed by atoms with Crippen LogP contribution in [0.1, 0.15) is 45.7 Å². The van der Waals surface area contributed by atoms with Crippen molar-refractivity contribution in [2.45, 2.75) is 59.7 Å². The van der Waals surface area contributed by atoms with Gasteiger partial charge in [-0.1, -0.05) is 29.8 Å². The van der Waals surface area contributed by atoms with Crippen molar-refractivity contribution in [2.75, 3.05) is 23.7 Å². The van der Waals surface area contributed by atoms with Gasteiger partial charge in [0, 0.05) is 12.1 Å². The third kappa shape index (κ3) is 8.58. The average molecular weight is 504 g/mol. The van der Waals surface area contributed by atoms with Crippen molar-refractivity contribution in [3.8, 4) is 5.75 Å². The van der Waals surface area contributed by atoms with Gasteiger partial charge in [-0.05, 0) is 71.4 Å². The highest BCUT2D eigenvalue weighted by molar-refractivity contribution is 7.92. The normalized spacial score (nSPS) is 12.5. The van der Waals surface area contributed by atoms with Gasteiger partial charge in [0.1, 0.15) is 18.3 Å². The Labute approximate surface area is 209 Å². The van der Waals surface area contributed by atoms with Crippen molar-refractivity contribution in [2.24, 2.45) is 0 Å². The summed E-state index contributed by atoms with van der Waals surface area (Å²) in [5, 5.41) is 2.91. The van der Waals surface area contributed by atoms with E-state index in [1.807, 2.05) is 58.9 Å². The Hall–Kier alpha value is -3.07. The number of nitrogens with one attached hydrogen (secondary N) is 1. The average Bonchev–Trinajstić information content (AvgIpc) is 2.74. The van der Waals surface area contributed by atoms with Gasteiger partial charge in [0.05, 0.1) is 18.6 Å². The minimum atomic E-state index is -3.78. The van der Waals surface area contributed by atoms with Crippen LogP contribution in [0.5, 0.6) is 5.75 Å². The van der Waals surface area contributed by atoms with Gasteiger partial charge in [-0.3, -0.25) is 13.9 Å². The molecule has 2 aromatic rings. The summed E-state index contributed by atoms with van der Waals surface area (Å²) in [6, 6.07) is 13.3. The number of amides is 2. The lowest BCUT2D eigenvalue weighted by molar-refractivity contribution is -0.140. The first-order valence-electron chi connectivity index (χ1n) is 11.6. The lowest BCUT2D eigenvalue weighted by atomic mass is 10.1. The molecule has 9 heteroatoms. The summed E-state index contributed by atoms with van der Waals surface area (Å²) in [6.07, 6.45) is 1.05. The lowest BCUT2D eigenvalue weighted by Crippen LogP contribution is -2.54. The first kappa shape index (κ1) is 28.2. The number of hydrogen-bond donors (Lipinski definition) is 1. The van der Waals surface area contributed by atoms with E-state index in [4.69, 9.17) is 4.74 Å². The highest BCUT2D eigenvalue weighted by Crippen LogP contribution is 2.22. The molecule has 35 heavy (non-hydrogen) atoms. The summed E-state index contributed by atoms with van der Waals surface area (Å²) in [6.45, 7) is 11.3. The van der Waals surface area contributed by atoms with Crippen LogP contribution in [0.3, 0.4) is 0 Å². The Kier molecular flexibility index (Phi) is 9.31. The molecule has 2 rings (SSSR count). The standard InChI is InChI=1S/C26H37N3O5S/c1-8-34-23-14-12-22(13-15-23)29(35(7,32)33)18-24(30)28(17-21-11-9-10-19(2)16-21)20(3)25(31)27-26(4,5)6/h9-16,20H,8,17-18H2,1-7H3,(H,27,31)/t20-/m1/s1. The minimum absolute atomic E-state index is 0.167. The molecule has 0 bridgehead atoms. The number of ether oxygens (including phenoxy) is 1. The number of carbonyl (C=O) groups excluding carboxylic acids is 2. The molecule has 8 nitrogen and oxygen atoms in total. The molecular formula is C26H37N3O5S. The highest BCUT2D eigenvalue weighted by Gasteiger charge is 2.31. The number of hydrogen-bond acceptors (Lipinski definition) is 5. The van der Waals surface area contributed by atoms with E-state index in [0.29, 0.717) is 18.0 Å². The van der Waals surface area contributed by atoms with Gasteiger partial charge in [-0.2, -0.15) is 0 Å². The predicted molar refractivity (Wildman–Crippen MR) is 139 cm³/mol. The largest absolute Gasteiger partial charge is 0.494 e. The van der Waals surface area contributed by atoms with Crippen molar-refractivity contribution in [3.05, 3.63) is 59.7 Å². The molecule has 1 N–H and O–H groups in total. The number of rotatable bonds is 10. The molecule has 0 heterocycles. The van der Waals surface area contributed by atoms with E-state index in [-0.39, 0.29) is 12.5 Å². The van der Waals surface area contributed by atoms with Crippen LogP contribution in [-0.2, 0) is 26.2 Å². The van der Waals surface area contributed by atoms with Crippen molar-refractivity contribution in [3.63, 3.8) is 0 Å². The summed E-state index contributed by atoms with van der Waals surface area (Å²) in [7, 11) is -3.78.